The quantitative estimate of drug-likeness (QED) is 0.557. The van der Waals surface area contributed by atoms with E-state index in [9.17, 15) is 9.18 Å². The molecule has 94 valence electrons. The molecule has 1 amide bonds. The van der Waals surface area contributed by atoms with Gasteiger partial charge in [0.25, 0.3) is 0 Å². The van der Waals surface area contributed by atoms with E-state index in [1.165, 1.54) is 18.2 Å². The van der Waals surface area contributed by atoms with E-state index in [4.69, 9.17) is 0 Å². The average molecular weight is 245 g/mol. The Hall–Kier alpha value is -2.16. The van der Waals surface area contributed by atoms with E-state index in [0.29, 0.717) is 13.1 Å². The molecule has 18 heavy (non-hydrogen) atoms. The number of carbonyl (C=O) groups is 1. The van der Waals surface area contributed by atoms with Crippen molar-refractivity contribution in [3.63, 3.8) is 0 Å². The summed E-state index contributed by atoms with van der Waals surface area (Å²) in [5.74, 6) is -0.419. The molecule has 1 aromatic carbocycles. The molecule has 0 fully saturated rings. The van der Waals surface area contributed by atoms with Crippen LogP contribution in [0.15, 0.2) is 55.7 Å². The molecular formula is C15H16FNO. The lowest BCUT2D eigenvalue weighted by atomic mass is 10.2. The average Bonchev–Trinajstić information content (AvgIpc) is 2.37. The molecule has 3 heteroatoms. The first-order chi connectivity index (χ1) is 8.67. The third kappa shape index (κ3) is 4.37. The molecule has 0 N–H and O–H groups in total. The van der Waals surface area contributed by atoms with Crippen molar-refractivity contribution in [1.29, 1.82) is 0 Å². The third-order valence-electron chi connectivity index (χ3n) is 2.30. The minimum absolute atomic E-state index is 0.126. The summed E-state index contributed by atoms with van der Waals surface area (Å²) in [5, 5.41) is 0. The van der Waals surface area contributed by atoms with Gasteiger partial charge in [-0.2, -0.15) is 0 Å². The molecule has 0 aliphatic heterocycles. The Balaban J connectivity index is 2.69. The lowest BCUT2D eigenvalue weighted by molar-refractivity contribution is -0.124. The van der Waals surface area contributed by atoms with E-state index in [2.05, 4.69) is 13.2 Å². The zero-order valence-corrected chi connectivity index (χ0v) is 10.2. The molecule has 0 aliphatic rings. The van der Waals surface area contributed by atoms with E-state index in [0.717, 1.165) is 5.56 Å². The largest absolute Gasteiger partial charge is 0.332 e. The Labute approximate surface area is 107 Å². The fourth-order valence-corrected chi connectivity index (χ4v) is 1.41. The van der Waals surface area contributed by atoms with Crippen LogP contribution in [-0.2, 0) is 4.79 Å². The van der Waals surface area contributed by atoms with Crippen LogP contribution in [0.2, 0.25) is 0 Å². The summed E-state index contributed by atoms with van der Waals surface area (Å²) in [5.41, 5.74) is 0.780. The Bertz CT molecular complexity index is 438. The Morgan fingerprint density at radius 3 is 2.22 bits per heavy atom. The van der Waals surface area contributed by atoms with Crippen LogP contribution in [-0.4, -0.2) is 23.9 Å². The number of nitrogens with zero attached hydrogens (tertiary/aromatic N) is 1. The maximum Gasteiger partial charge on any atom is 0.247 e. The maximum atomic E-state index is 12.7. The van der Waals surface area contributed by atoms with E-state index in [1.54, 1.807) is 35.3 Å². The molecule has 0 radical (unpaired) electrons. The van der Waals surface area contributed by atoms with Gasteiger partial charge in [-0.1, -0.05) is 24.3 Å². The zero-order valence-electron chi connectivity index (χ0n) is 10.2. The molecule has 0 heterocycles. The molecule has 0 atom stereocenters. The van der Waals surface area contributed by atoms with E-state index >= 15 is 0 Å². The molecule has 0 bridgehead atoms. The minimum atomic E-state index is -0.293. The Morgan fingerprint density at radius 2 is 1.72 bits per heavy atom. The van der Waals surface area contributed by atoms with Gasteiger partial charge < -0.3 is 4.90 Å². The van der Waals surface area contributed by atoms with Crippen LogP contribution in [0.5, 0.6) is 0 Å². The fourth-order valence-electron chi connectivity index (χ4n) is 1.41. The van der Waals surface area contributed by atoms with Crippen molar-refractivity contribution in [2.75, 3.05) is 13.1 Å². The van der Waals surface area contributed by atoms with Crippen LogP contribution in [0.4, 0.5) is 4.39 Å². The topological polar surface area (TPSA) is 20.3 Å². The van der Waals surface area contributed by atoms with E-state index < -0.39 is 0 Å². The summed E-state index contributed by atoms with van der Waals surface area (Å²) < 4.78 is 12.7. The maximum absolute atomic E-state index is 12.7. The number of amides is 1. The highest BCUT2D eigenvalue weighted by molar-refractivity contribution is 5.91. The highest BCUT2D eigenvalue weighted by atomic mass is 19.1. The highest BCUT2D eigenvalue weighted by Crippen LogP contribution is 2.05. The third-order valence-corrected chi connectivity index (χ3v) is 2.30. The molecule has 0 saturated heterocycles. The number of benzene rings is 1. The van der Waals surface area contributed by atoms with Crippen molar-refractivity contribution in [2.45, 2.75) is 0 Å². The summed E-state index contributed by atoms with van der Waals surface area (Å²) in [6, 6.07) is 5.94. The second-order valence-electron chi connectivity index (χ2n) is 3.71. The normalized spacial score (nSPS) is 10.3. The summed E-state index contributed by atoms with van der Waals surface area (Å²) in [7, 11) is 0. The van der Waals surface area contributed by atoms with Crippen molar-refractivity contribution >= 4 is 12.0 Å². The van der Waals surface area contributed by atoms with E-state index in [1.807, 2.05) is 0 Å². The van der Waals surface area contributed by atoms with Gasteiger partial charge in [0.2, 0.25) is 5.91 Å². The van der Waals surface area contributed by atoms with Crippen LogP contribution >= 0.6 is 0 Å². The van der Waals surface area contributed by atoms with Gasteiger partial charge in [-0.3, -0.25) is 4.79 Å². The first-order valence-corrected chi connectivity index (χ1v) is 5.61. The molecule has 0 aromatic heterocycles. The molecule has 0 saturated carbocycles. The van der Waals surface area contributed by atoms with Crippen molar-refractivity contribution in [3.05, 3.63) is 67.0 Å². The van der Waals surface area contributed by atoms with Gasteiger partial charge in [0.1, 0.15) is 5.82 Å². The number of rotatable bonds is 6. The molecule has 0 unspecified atom stereocenters. The smallest absolute Gasteiger partial charge is 0.247 e. The summed E-state index contributed by atoms with van der Waals surface area (Å²) in [6.45, 7) is 8.14. The Morgan fingerprint density at radius 1 is 1.17 bits per heavy atom. The molecule has 0 aliphatic carbocycles. The predicted octanol–water partition coefficient (Wildman–Crippen LogP) is 3.04. The van der Waals surface area contributed by atoms with Gasteiger partial charge in [0.05, 0.1) is 0 Å². The van der Waals surface area contributed by atoms with Crippen LogP contribution in [0.25, 0.3) is 6.08 Å². The summed E-state index contributed by atoms with van der Waals surface area (Å²) in [4.78, 5) is 13.4. The first kappa shape index (κ1) is 13.9. The van der Waals surface area contributed by atoms with Crippen molar-refractivity contribution < 1.29 is 9.18 Å². The highest BCUT2D eigenvalue weighted by Gasteiger charge is 2.05. The van der Waals surface area contributed by atoms with Gasteiger partial charge in [0, 0.05) is 19.2 Å². The lowest BCUT2D eigenvalue weighted by Gasteiger charge is -2.16. The van der Waals surface area contributed by atoms with Gasteiger partial charge in [0.15, 0.2) is 0 Å². The zero-order chi connectivity index (χ0) is 13.4. The van der Waals surface area contributed by atoms with Crippen LogP contribution < -0.4 is 0 Å². The lowest BCUT2D eigenvalue weighted by Crippen LogP contribution is -2.29. The summed E-state index contributed by atoms with van der Waals surface area (Å²) >= 11 is 0. The van der Waals surface area contributed by atoms with Crippen molar-refractivity contribution in [3.8, 4) is 0 Å². The predicted molar refractivity (Wildman–Crippen MR) is 72.4 cm³/mol. The fraction of sp³-hybridized carbons (Fsp3) is 0.133. The van der Waals surface area contributed by atoms with Crippen molar-refractivity contribution in [1.82, 2.24) is 4.90 Å². The van der Waals surface area contributed by atoms with Gasteiger partial charge in [-0.15, -0.1) is 13.2 Å². The number of carbonyl (C=O) groups excluding carboxylic acids is 1. The Kier molecular flexibility index (Phi) is 5.58. The molecular weight excluding hydrogens is 229 g/mol. The number of hydrogen-bond donors (Lipinski definition) is 0. The molecule has 1 rings (SSSR count). The van der Waals surface area contributed by atoms with Crippen LogP contribution in [0, 0.1) is 5.82 Å². The first-order valence-electron chi connectivity index (χ1n) is 5.61. The van der Waals surface area contributed by atoms with Gasteiger partial charge in [-0.05, 0) is 23.8 Å². The number of halogens is 1. The molecule has 0 spiro atoms. The number of hydrogen-bond acceptors (Lipinski definition) is 1. The van der Waals surface area contributed by atoms with Gasteiger partial charge in [-0.25, -0.2) is 4.39 Å². The molecule has 1 aromatic rings. The van der Waals surface area contributed by atoms with Crippen molar-refractivity contribution in [2.24, 2.45) is 0 Å². The van der Waals surface area contributed by atoms with Gasteiger partial charge >= 0.3 is 0 Å². The second-order valence-corrected chi connectivity index (χ2v) is 3.71. The standard InChI is InChI=1S/C15H16FNO/c1-3-11-17(12-4-2)15(18)10-7-13-5-8-14(16)9-6-13/h3-10H,1-2,11-12H2. The SMILES string of the molecule is C=CCN(CC=C)C(=O)C=Cc1ccc(F)cc1. The monoisotopic (exact) mass is 245 g/mol. The second kappa shape index (κ2) is 7.22. The van der Waals surface area contributed by atoms with Crippen LogP contribution in [0.1, 0.15) is 5.56 Å². The van der Waals surface area contributed by atoms with E-state index in [-0.39, 0.29) is 11.7 Å². The molecule has 2 nitrogen and oxygen atoms in total. The summed E-state index contributed by atoms with van der Waals surface area (Å²) in [6.07, 6.45) is 6.43. The minimum Gasteiger partial charge on any atom is -0.332 e. The van der Waals surface area contributed by atoms with Crippen LogP contribution in [0.3, 0.4) is 0 Å².